The lowest BCUT2D eigenvalue weighted by molar-refractivity contribution is 0.0624. The summed E-state index contributed by atoms with van der Waals surface area (Å²) in [4.78, 5) is 26.5. The quantitative estimate of drug-likeness (QED) is 0.831. The molecule has 1 atom stereocenters. The smallest absolute Gasteiger partial charge is 0.271 e. The topological polar surface area (TPSA) is 54.3 Å². The van der Waals surface area contributed by atoms with Crippen molar-refractivity contribution in [2.75, 3.05) is 19.6 Å². The minimum atomic E-state index is -0.129. The zero-order valence-corrected chi connectivity index (χ0v) is 15.7. The molecule has 2 aromatic rings. The lowest BCUT2D eigenvalue weighted by atomic mass is 10.0. The van der Waals surface area contributed by atoms with Crippen LogP contribution >= 0.6 is 24.0 Å². The maximum absolute atomic E-state index is 13.1. The van der Waals surface area contributed by atoms with E-state index in [0.29, 0.717) is 29.4 Å². The van der Waals surface area contributed by atoms with E-state index in [4.69, 9.17) is 11.6 Å². The minimum Gasteiger partial charge on any atom is -0.346 e. The molecule has 0 saturated carbocycles. The second-order valence-corrected chi connectivity index (χ2v) is 6.43. The summed E-state index contributed by atoms with van der Waals surface area (Å²) < 4.78 is 1.71. The van der Waals surface area contributed by atoms with Crippen LogP contribution in [0.1, 0.15) is 39.4 Å². The van der Waals surface area contributed by atoms with Crippen LogP contribution in [0.25, 0.3) is 0 Å². The first kappa shape index (κ1) is 19.5. The number of halogens is 2. The molecule has 5 nitrogen and oxygen atoms in total. The molecule has 1 aliphatic rings. The number of carbonyl (C=O) groups excluding carboxylic acids is 2. The van der Waals surface area contributed by atoms with Gasteiger partial charge < -0.3 is 14.8 Å². The molecular formula is C18H21Cl2N3O2. The van der Waals surface area contributed by atoms with Gasteiger partial charge in [0.1, 0.15) is 5.69 Å². The zero-order chi connectivity index (χ0) is 17.3. The number of nitrogens with one attached hydrogen (secondary N) is 1. The Balaban J connectivity index is 0.00000225. The largest absolute Gasteiger partial charge is 0.346 e. The fourth-order valence-electron chi connectivity index (χ4n) is 3.09. The normalized spacial score (nSPS) is 17.1. The third-order valence-electron chi connectivity index (χ3n) is 4.40. The van der Waals surface area contributed by atoms with Crippen molar-refractivity contribution in [3.05, 3.63) is 58.4 Å². The molecule has 1 aromatic carbocycles. The van der Waals surface area contributed by atoms with E-state index in [1.165, 1.54) is 6.92 Å². The maximum Gasteiger partial charge on any atom is 0.271 e. The number of Topliss-reactive ketones (excluding diaryl/α,β-unsaturated/α-hetero) is 1. The summed E-state index contributed by atoms with van der Waals surface area (Å²) >= 11 is 6.33. The average Bonchev–Trinajstić information content (AvgIpc) is 2.97. The van der Waals surface area contributed by atoms with Crippen molar-refractivity contribution in [1.82, 2.24) is 14.8 Å². The predicted molar refractivity (Wildman–Crippen MR) is 101 cm³/mol. The van der Waals surface area contributed by atoms with E-state index in [1.807, 2.05) is 29.2 Å². The highest BCUT2D eigenvalue weighted by molar-refractivity contribution is 6.31. The van der Waals surface area contributed by atoms with Gasteiger partial charge in [0, 0.05) is 43.5 Å². The number of aromatic nitrogens is 1. The van der Waals surface area contributed by atoms with E-state index < -0.39 is 0 Å². The molecule has 1 aromatic heterocycles. The zero-order valence-electron chi connectivity index (χ0n) is 14.2. The summed E-state index contributed by atoms with van der Waals surface area (Å²) in [5.74, 6) is -0.135. The fraction of sp³-hybridized carbons (Fsp3) is 0.333. The first-order chi connectivity index (χ1) is 11.5. The summed E-state index contributed by atoms with van der Waals surface area (Å²) in [6.45, 7) is 3.48. The minimum absolute atomic E-state index is 0. The van der Waals surface area contributed by atoms with Crippen molar-refractivity contribution in [3.8, 4) is 0 Å². The Kier molecular flexibility index (Phi) is 6.27. The van der Waals surface area contributed by atoms with Gasteiger partial charge in [-0.2, -0.15) is 0 Å². The van der Waals surface area contributed by atoms with Gasteiger partial charge >= 0.3 is 0 Å². The number of ketones is 1. The number of benzene rings is 1. The van der Waals surface area contributed by atoms with Crippen molar-refractivity contribution >= 4 is 35.7 Å². The molecular weight excluding hydrogens is 361 g/mol. The maximum atomic E-state index is 13.1. The molecule has 0 radical (unpaired) electrons. The van der Waals surface area contributed by atoms with Gasteiger partial charge in [0.2, 0.25) is 0 Å². The third kappa shape index (κ3) is 3.89. The Bertz CT molecular complexity index is 788. The van der Waals surface area contributed by atoms with E-state index in [9.17, 15) is 9.59 Å². The number of nitrogens with zero attached hydrogens (tertiary/aromatic N) is 2. The first-order valence-corrected chi connectivity index (χ1v) is 8.30. The fourth-order valence-corrected chi connectivity index (χ4v) is 3.35. The van der Waals surface area contributed by atoms with Crippen molar-refractivity contribution < 1.29 is 9.59 Å². The number of amides is 1. The van der Waals surface area contributed by atoms with Gasteiger partial charge in [-0.15, -0.1) is 12.4 Å². The van der Waals surface area contributed by atoms with Gasteiger partial charge in [0.25, 0.3) is 5.91 Å². The summed E-state index contributed by atoms with van der Waals surface area (Å²) in [5, 5.41) is 3.97. The second kappa shape index (κ2) is 8.04. The van der Waals surface area contributed by atoms with Crippen LogP contribution in [-0.4, -0.2) is 40.8 Å². The molecule has 0 bridgehead atoms. The summed E-state index contributed by atoms with van der Waals surface area (Å²) in [6.07, 6.45) is 1.70. The van der Waals surface area contributed by atoms with Gasteiger partial charge in [0.15, 0.2) is 5.78 Å². The van der Waals surface area contributed by atoms with Gasteiger partial charge in [-0.3, -0.25) is 9.59 Å². The van der Waals surface area contributed by atoms with Crippen LogP contribution in [0.4, 0.5) is 0 Å². The van der Waals surface area contributed by atoms with Crippen LogP contribution < -0.4 is 5.32 Å². The monoisotopic (exact) mass is 381 g/mol. The highest BCUT2D eigenvalue weighted by Crippen LogP contribution is 2.29. The van der Waals surface area contributed by atoms with Crippen LogP contribution in [0.2, 0.25) is 5.02 Å². The SMILES string of the molecule is CC(=O)c1cc(C(=O)N2CCNCC2c2ccccc2Cl)n(C)c1.Cl. The number of piperazine rings is 1. The first-order valence-electron chi connectivity index (χ1n) is 7.92. The molecule has 1 amide bonds. The molecule has 2 heterocycles. The standard InChI is InChI=1S/C18H20ClN3O2.ClH/c1-12(23)13-9-16(21(2)11-13)18(24)22-8-7-20-10-17(22)14-5-3-4-6-15(14)19;/h3-6,9,11,17,20H,7-8,10H2,1-2H3;1H. The molecule has 1 N–H and O–H groups in total. The second-order valence-electron chi connectivity index (χ2n) is 6.02. The van der Waals surface area contributed by atoms with E-state index in [0.717, 1.165) is 12.1 Å². The van der Waals surface area contributed by atoms with E-state index in [-0.39, 0.29) is 30.1 Å². The van der Waals surface area contributed by atoms with Crippen molar-refractivity contribution in [3.63, 3.8) is 0 Å². The molecule has 1 unspecified atom stereocenters. The Morgan fingerprint density at radius 1 is 1.28 bits per heavy atom. The number of hydrogen-bond donors (Lipinski definition) is 1. The van der Waals surface area contributed by atoms with Crippen LogP contribution in [0.3, 0.4) is 0 Å². The Hall–Kier alpha value is -1.82. The molecule has 3 rings (SSSR count). The number of rotatable bonds is 3. The molecule has 0 spiro atoms. The van der Waals surface area contributed by atoms with Crippen molar-refractivity contribution in [2.24, 2.45) is 7.05 Å². The highest BCUT2D eigenvalue weighted by Gasteiger charge is 2.31. The number of aryl methyl sites for hydroxylation is 1. The van der Waals surface area contributed by atoms with Crippen LogP contribution in [0.15, 0.2) is 36.5 Å². The number of hydrogen-bond acceptors (Lipinski definition) is 3. The van der Waals surface area contributed by atoms with Crippen LogP contribution in [0, 0.1) is 0 Å². The average molecular weight is 382 g/mol. The number of carbonyl (C=O) groups is 2. The molecule has 25 heavy (non-hydrogen) atoms. The van der Waals surface area contributed by atoms with Gasteiger partial charge in [-0.25, -0.2) is 0 Å². The third-order valence-corrected chi connectivity index (χ3v) is 4.74. The highest BCUT2D eigenvalue weighted by atomic mass is 35.5. The van der Waals surface area contributed by atoms with Gasteiger partial charge in [-0.1, -0.05) is 29.8 Å². The molecule has 1 aliphatic heterocycles. The summed E-state index contributed by atoms with van der Waals surface area (Å²) in [7, 11) is 1.78. The van der Waals surface area contributed by atoms with E-state index in [1.54, 1.807) is 23.9 Å². The van der Waals surface area contributed by atoms with E-state index >= 15 is 0 Å². The predicted octanol–water partition coefficient (Wildman–Crippen LogP) is 3.09. The lowest BCUT2D eigenvalue weighted by Gasteiger charge is -2.37. The van der Waals surface area contributed by atoms with Crippen LogP contribution in [-0.2, 0) is 7.05 Å². The summed E-state index contributed by atoms with van der Waals surface area (Å²) in [5.41, 5.74) is 1.99. The van der Waals surface area contributed by atoms with Gasteiger partial charge in [0.05, 0.1) is 6.04 Å². The molecule has 7 heteroatoms. The Labute approximate surface area is 158 Å². The van der Waals surface area contributed by atoms with Crippen molar-refractivity contribution in [1.29, 1.82) is 0 Å². The summed E-state index contributed by atoms with van der Waals surface area (Å²) in [6, 6.07) is 9.13. The lowest BCUT2D eigenvalue weighted by Crippen LogP contribution is -2.49. The Morgan fingerprint density at radius 2 is 2.00 bits per heavy atom. The van der Waals surface area contributed by atoms with Crippen LogP contribution in [0.5, 0.6) is 0 Å². The molecule has 1 fully saturated rings. The van der Waals surface area contributed by atoms with Crippen molar-refractivity contribution in [2.45, 2.75) is 13.0 Å². The molecule has 1 saturated heterocycles. The van der Waals surface area contributed by atoms with Gasteiger partial charge in [-0.05, 0) is 24.6 Å². The molecule has 0 aliphatic carbocycles. The molecule has 134 valence electrons. The van der Waals surface area contributed by atoms with E-state index in [2.05, 4.69) is 5.32 Å². The Morgan fingerprint density at radius 3 is 2.64 bits per heavy atom.